The maximum absolute atomic E-state index is 12.8. The molecule has 0 aliphatic carbocycles. The molecular weight excluding hydrogens is 464 g/mol. The van der Waals surface area contributed by atoms with Gasteiger partial charge in [-0.3, -0.25) is 14.3 Å². The summed E-state index contributed by atoms with van der Waals surface area (Å²) >= 11 is 0. The molecule has 32 heavy (non-hydrogen) atoms. The number of hydrogen-bond donors (Lipinski definition) is 2. The molecule has 0 bridgehead atoms. The maximum atomic E-state index is 12.8. The van der Waals surface area contributed by atoms with Crippen LogP contribution in [0, 0.1) is 6.92 Å². The minimum Gasteiger partial charge on any atom is -0.409 e. The van der Waals surface area contributed by atoms with Crippen LogP contribution in [0.4, 0.5) is 0 Å². The fraction of sp³-hybridized carbons (Fsp3) is 0.800. The molecule has 2 heterocycles. The Hall–Kier alpha value is -0.869. The number of hydrogen-bond acceptors (Lipinski definition) is 7. The topological polar surface area (TPSA) is 112 Å². The summed E-state index contributed by atoms with van der Waals surface area (Å²) in [5, 5.41) is 10.2. The van der Waals surface area contributed by atoms with E-state index in [9.17, 15) is 14.7 Å². The molecule has 0 saturated carbocycles. The molecule has 5 atom stereocenters. The van der Waals surface area contributed by atoms with Crippen molar-refractivity contribution in [1.82, 2.24) is 9.55 Å². The first-order valence-electron chi connectivity index (χ1n) is 11.0. The monoisotopic (exact) mass is 504 g/mol. The zero-order valence-corrected chi connectivity index (χ0v) is 24.0. The predicted octanol–water partition coefficient (Wildman–Crippen LogP) is 2.40. The van der Waals surface area contributed by atoms with E-state index in [1.54, 1.807) is 6.92 Å². The molecule has 0 aromatic carbocycles. The van der Waals surface area contributed by atoms with Gasteiger partial charge in [-0.1, -0.05) is 0 Å². The number of aliphatic hydroxyl groups excluding tert-OH is 1. The first kappa shape index (κ1) is 27.4. The molecule has 1 aliphatic heterocycles. The lowest BCUT2D eigenvalue weighted by Gasteiger charge is -2.50. The molecule has 1 aromatic rings. The Labute approximate surface area is 193 Å². The Kier molecular flexibility index (Phi) is 8.37. The third-order valence-electron chi connectivity index (χ3n) is 4.68. The van der Waals surface area contributed by atoms with Crippen molar-refractivity contribution in [2.45, 2.75) is 96.5 Å². The molecule has 1 fully saturated rings. The van der Waals surface area contributed by atoms with Crippen LogP contribution < -0.4 is 11.2 Å². The van der Waals surface area contributed by atoms with E-state index in [4.69, 9.17) is 18.0 Å². The van der Waals surface area contributed by atoms with Crippen LogP contribution in [-0.4, -0.2) is 70.6 Å². The molecule has 1 aromatic heterocycles. The van der Waals surface area contributed by atoms with Crippen LogP contribution in [0.3, 0.4) is 0 Å². The van der Waals surface area contributed by atoms with Crippen LogP contribution in [0.25, 0.3) is 0 Å². The van der Waals surface area contributed by atoms with Gasteiger partial charge in [-0.05, 0) is 65.8 Å². The van der Waals surface area contributed by atoms with E-state index < -0.39 is 66.8 Å². The summed E-state index contributed by atoms with van der Waals surface area (Å²) < 4.78 is 27.3. The number of ether oxygens (including phenoxy) is 1. The Morgan fingerprint density at radius 2 is 1.38 bits per heavy atom. The van der Waals surface area contributed by atoms with Crippen molar-refractivity contribution >= 4 is 25.0 Å². The SMILES string of the molecule is Cc1cn([C@@H]2O[C@H](CO)[C@@H](O[Si](C)(C)C)[C@H](O[Si](C)(C)C)[C@H]2O[Si](C)(C)C)c(=O)[nH]c1=O. The normalized spacial score (nSPS) is 27.5. The highest BCUT2D eigenvalue weighted by Crippen LogP contribution is 2.37. The lowest BCUT2D eigenvalue weighted by atomic mass is 9.98. The largest absolute Gasteiger partial charge is 0.409 e. The maximum Gasteiger partial charge on any atom is 0.330 e. The van der Waals surface area contributed by atoms with Gasteiger partial charge < -0.3 is 23.1 Å². The Bertz CT molecular complexity index is 899. The summed E-state index contributed by atoms with van der Waals surface area (Å²) in [5.41, 5.74) is -0.662. The third kappa shape index (κ3) is 7.32. The van der Waals surface area contributed by atoms with Crippen molar-refractivity contribution in [2.24, 2.45) is 0 Å². The van der Waals surface area contributed by atoms with Crippen LogP contribution in [0.15, 0.2) is 15.8 Å². The first-order valence-corrected chi connectivity index (χ1v) is 21.3. The van der Waals surface area contributed by atoms with Crippen LogP contribution >= 0.6 is 0 Å². The van der Waals surface area contributed by atoms with Crippen molar-refractivity contribution in [2.75, 3.05) is 6.61 Å². The number of H-pyrrole nitrogens is 1. The van der Waals surface area contributed by atoms with E-state index in [1.807, 2.05) is 0 Å². The van der Waals surface area contributed by atoms with Gasteiger partial charge in [-0.15, -0.1) is 0 Å². The van der Waals surface area contributed by atoms with E-state index in [2.05, 4.69) is 63.9 Å². The molecule has 2 rings (SSSR count). The van der Waals surface area contributed by atoms with Crippen LogP contribution in [0.5, 0.6) is 0 Å². The number of nitrogens with zero attached hydrogens (tertiary/aromatic N) is 1. The highest BCUT2D eigenvalue weighted by molar-refractivity contribution is 6.70. The zero-order valence-electron chi connectivity index (χ0n) is 21.0. The third-order valence-corrected chi connectivity index (χ3v) is 7.62. The number of aromatic amines is 1. The van der Waals surface area contributed by atoms with Gasteiger partial charge in [0.15, 0.2) is 31.2 Å². The number of nitrogens with one attached hydrogen (secondary N) is 1. The fourth-order valence-electron chi connectivity index (χ4n) is 3.67. The molecule has 184 valence electrons. The van der Waals surface area contributed by atoms with Crippen LogP contribution in [-0.2, 0) is 18.0 Å². The van der Waals surface area contributed by atoms with Gasteiger partial charge in [0.25, 0.3) is 5.56 Å². The minimum atomic E-state index is -2.14. The average Bonchev–Trinajstić information content (AvgIpc) is 2.58. The van der Waals surface area contributed by atoms with E-state index in [0.717, 1.165) is 0 Å². The Morgan fingerprint density at radius 3 is 1.84 bits per heavy atom. The van der Waals surface area contributed by atoms with Crippen molar-refractivity contribution in [3.8, 4) is 0 Å². The van der Waals surface area contributed by atoms with Gasteiger partial charge in [-0.25, -0.2) is 4.79 Å². The summed E-state index contributed by atoms with van der Waals surface area (Å²) in [4.78, 5) is 27.1. The second-order valence-corrected chi connectivity index (χ2v) is 24.7. The zero-order chi connectivity index (χ0) is 24.6. The molecular formula is C20H40N2O7Si3. The van der Waals surface area contributed by atoms with Gasteiger partial charge in [0, 0.05) is 11.8 Å². The molecule has 2 N–H and O–H groups in total. The average molecular weight is 505 g/mol. The Morgan fingerprint density at radius 1 is 0.906 bits per heavy atom. The lowest BCUT2D eigenvalue weighted by Crippen LogP contribution is -2.65. The predicted molar refractivity (Wildman–Crippen MR) is 132 cm³/mol. The molecule has 12 heteroatoms. The molecule has 9 nitrogen and oxygen atoms in total. The van der Waals surface area contributed by atoms with E-state index >= 15 is 0 Å². The van der Waals surface area contributed by atoms with Crippen molar-refractivity contribution in [3.63, 3.8) is 0 Å². The second-order valence-electron chi connectivity index (χ2n) is 11.3. The molecule has 1 saturated heterocycles. The van der Waals surface area contributed by atoms with Gasteiger partial charge in [-0.2, -0.15) is 0 Å². The summed E-state index contributed by atoms with van der Waals surface area (Å²) in [6.45, 7) is 20.0. The minimum absolute atomic E-state index is 0.298. The standard InChI is InChI=1S/C20H40N2O7Si3/c1-13-11-22(20(25)21-18(13)24)19-17(29-32(8,9)10)16(28-31(5,6)7)15(14(12-23)26-19)27-30(2,3)4/h11,14-17,19,23H,12H2,1-10H3,(H,21,24,25)/t14-,15-,16+,17-,19-/m1/s1. The first-order chi connectivity index (χ1) is 14.4. The number of aromatic nitrogens is 2. The lowest BCUT2D eigenvalue weighted by molar-refractivity contribution is -0.239. The molecule has 1 aliphatic rings. The summed E-state index contributed by atoms with van der Waals surface area (Å²) in [6.07, 6.45) is -1.86. The number of aryl methyl sites for hydroxylation is 1. The van der Waals surface area contributed by atoms with Crippen molar-refractivity contribution in [3.05, 3.63) is 32.6 Å². The van der Waals surface area contributed by atoms with Crippen molar-refractivity contribution < 1.29 is 23.1 Å². The molecule has 0 unspecified atom stereocenters. The number of rotatable bonds is 8. The summed E-state index contributed by atoms with van der Waals surface area (Å²) in [7, 11) is -6.29. The van der Waals surface area contributed by atoms with E-state index in [0.29, 0.717) is 5.56 Å². The fourth-order valence-corrected chi connectivity index (χ4v) is 6.92. The Balaban J connectivity index is 2.69. The van der Waals surface area contributed by atoms with Crippen molar-refractivity contribution in [1.29, 1.82) is 0 Å². The second kappa shape index (κ2) is 9.78. The molecule has 0 spiro atoms. The highest BCUT2D eigenvalue weighted by Gasteiger charge is 2.52. The van der Waals surface area contributed by atoms with Crippen LogP contribution in [0.1, 0.15) is 11.8 Å². The van der Waals surface area contributed by atoms with E-state index in [-0.39, 0.29) is 6.61 Å². The van der Waals surface area contributed by atoms with Gasteiger partial charge in [0.2, 0.25) is 0 Å². The van der Waals surface area contributed by atoms with Crippen LogP contribution in [0.2, 0.25) is 58.9 Å². The molecule has 0 amide bonds. The van der Waals surface area contributed by atoms with E-state index in [1.165, 1.54) is 10.8 Å². The van der Waals surface area contributed by atoms with Gasteiger partial charge in [0.1, 0.15) is 24.4 Å². The smallest absolute Gasteiger partial charge is 0.330 e. The van der Waals surface area contributed by atoms with Gasteiger partial charge >= 0.3 is 5.69 Å². The summed E-state index contributed by atoms with van der Waals surface area (Å²) in [6, 6.07) is 0. The molecule has 0 radical (unpaired) electrons. The highest BCUT2D eigenvalue weighted by atomic mass is 28.4. The van der Waals surface area contributed by atoms with Gasteiger partial charge in [0.05, 0.1) is 6.61 Å². The quantitative estimate of drug-likeness (QED) is 0.523. The number of aliphatic hydroxyl groups is 1. The summed E-state index contributed by atoms with van der Waals surface area (Å²) in [5.74, 6) is 0.